The van der Waals surface area contributed by atoms with Gasteiger partial charge in [-0.1, -0.05) is 18.2 Å². The quantitative estimate of drug-likeness (QED) is 0.518. The Hall–Kier alpha value is -3.39. The molecule has 2 aliphatic heterocycles. The normalized spacial score (nSPS) is 17.8. The topological polar surface area (TPSA) is 108 Å². The number of piperidine rings is 1. The van der Waals surface area contributed by atoms with E-state index in [-0.39, 0.29) is 11.7 Å². The number of fused-ring (bicyclic) bond motifs is 1. The zero-order valence-corrected chi connectivity index (χ0v) is 19.5. The third kappa shape index (κ3) is 5.94. The molecule has 3 aromatic rings. The highest BCUT2D eigenvalue weighted by atomic mass is 16.5. The first-order valence-corrected chi connectivity index (χ1v) is 11.9. The van der Waals surface area contributed by atoms with Crippen molar-refractivity contribution in [1.82, 2.24) is 15.3 Å². The number of hydrogen-bond acceptors (Lipinski definition) is 6. The zero-order chi connectivity index (χ0) is 23.9. The molecular weight excluding hydrogens is 432 g/mol. The van der Waals surface area contributed by atoms with E-state index in [4.69, 9.17) is 19.8 Å². The molecule has 2 aliphatic rings. The Balaban J connectivity index is 0.000000486. The number of amides is 1. The number of rotatable bonds is 4. The van der Waals surface area contributed by atoms with Gasteiger partial charge in [-0.15, -0.1) is 0 Å². The number of benzene rings is 2. The molecule has 2 saturated heterocycles. The average molecular weight is 465 g/mol. The van der Waals surface area contributed by atoms with Crippen molar-refractivity contribution in [3.8, 4) is 17.1 Å². The van der Waals surface area contributed by atoms with Gasteiger partial charge in [0.25, 0.3) is 0 Å². The van der Waals surface area contributed by atoms with Crippen molar-refractivity contribution in [3.05, 3.63) is 48.0 Å². The first kappa shape index (κ1) is 23.8. The predicted octanol–water partition coefficient (Wildman–Crippen LogP) is 4.59. The Morgan fingerprint density at radius 3 is 2.65 bits per heavy atom. The largest absolute Gasteiger partial charge is 0.507 e. The summed E-state index contributed by atoms with van der Waals surface area (Å²) in [6.45, 7) is 6.03. The fraction of sp³-hybridized carbons (Fsp3) is 0.423. The van der Waals surface area contributed by atoms with Crippen molar-refractivity contribution in [1.29, 1.82) is 0 Å². The van der Waals surface area contributed by atoms with Crippen LogP contribution in [-0.4, -0.2) is 59.1 Å². The number of anilines is 1. The number of carbonyl (C=O) groups is 1. The first-order chi connectivity index (χ1) is 16.5. The van der Waals surface area contributed by atoms with E-state index in [2.05, 4.69) is 10.2 Å². The monoisotopic (exact) mass is 464 g/mol. The van der Waals surface area contributed by atoms with Crippen LogP contribution in [0.15, 0.2) is 42.5 Å². The van der Waals surface area contributed by atoms with E-state index in [1.165, 1.54) is 12.8 Å². The Morgan fingerprint density at radius 2 is 1.94 bits per heavy atom. The lowest BCUT2D eigenvalue weighted by Crippen LogP contribution is -2.41. The number of aryl methyl sites for hydroxylation is 1. The summed E-state index contributed by atoms with van der Waals surface area (Å²) in [7, 11) is 0. The summed E-state index contributed by atoms with van der Waals surface area (Å²) in [5.74, 6) is 1.69. The molecule has 1 aromatic heterocycles. The predicted molar refractivity (Wildman–Crippen MR) is 132 cm³/mol. The molecule has 2 fully saturated rings. The molecule has 0 bridgehead atoms. The molecule has 8 heteroatoms. The highest BCUT2D eigenvalue weighted by Gasteiger charge is 2.24. The molecule has 0 spiro atoms. The van der Waals surface area contributed by atoms with E-state index in [1.807, 2.05) is 37.3 Å². The molecule has 1 atom stereocenters. The molecule has 180 valence electrons. The Kier molecular flexibility index (Phi) is 7.80. The second-order valence-corrected chi connectivity index (χ2v) is 8.87. The Labute approximate surface area is 199 Å². The van der Waals surface area contributed by atoms with Gasteiger partial charge in [0, 0.05) is 38.2 Å². The highest BCUT2D eigenvalue weighted by molar-refractivity contribution is 5.92. The first-order valence-electron chi connectivity index (χ1n) is 11.9. The number of phenolic OH excluding ortho intramolecular Hbond substituents is 1. The van der Waals surface area contributed by atoms with Crippen LogP contribution in [0.3, 0.4) is 0 Å². The maximum Gasteiger partial charge on any atom is 0.404 e. The Morgan fingerprint density at radius 1 is 1.15 bits per heavy atom. The van der Waals surface area contributed by atoms with Crippen molar-refractivity contribution in [2.75, 3.05) is 37.7 Å². The summed E-state index contributed by atoms with van der Waals surface area (Å²) in [4.78, 5) is 22.6. The summed E-state index contributed by atoms with van der Waals surface area (Å²) < 4.78 is 4.94. The van der Waals surface area contributed by atoms with Gasteiger partial charge in [-0.25, -0.2) is 14.8 Å². The lowest BCUT2D eigenvalue weighted by Gasteiger charge is -2.34. The van der Waals surface area contributed by atoms with Crippen LogP contribution in [0.4, 0.5) is 10.6 Å². The van der Waals surface area contributed by atoms with Crippen molar-refractivity contribution in [3.63, 3.8) is 0 Å². The van der Waals surface area contributed by atoms with Gasteiger partial charge in [-0.2, -0.15) is 0 Å². The van der Waals surface area contributed by atoms with Crippen molar-refractivity contribution < 1.29 is 19.7 Å². The zero-order valence-electron chi connectivity index (χ0n) is 19.5. The molecule has 1 unspecified atom stereocenters. The van der Waals surface area contributed by atoms with Crippen LogP contribution >= 0.6 is 0 Å². The third-order valence-corrected chi connectivity index (χ3v) is 6.17. The van der Waals surface area contributed by atoms with Gasteiger partial charge >= 0.3 is 6.09 Å². The fourth-order valence-corrected chi connectivity index (χ4v) is 4.41. The molecular formula is C26H32N4O4. The molecule has 0 radical (unpaired) electrons. The number of carboxylic acid groups (broad SMARTS) is 1. The smallest absolute Gasteiger partial charge is 0.404 e. The minimum atomic E-state index is -0.994. The maximum absolute atomic E-state index is 10.9. The second-order valence-electron chi connectivity index (χ2n) is 8.87. The number of aromatic hydroxyl groups is 1. The minimum absolute atomic E-state index is 0.146. The van der Waals surface area contributed by atoms with Gasteiger partial charge in [-0.05, 0) is 68.4 Å². The summed E-state index contributed by atoms with van der Waals surface area (Å²) in [6, 6.07) is 13.2. The lowest BCUT2D eigenvalue weighted by molar-refractivity contribution is 0.191. The van der Waals surface area contributed by atoms with Crippen molar-refractivity contribution >= 4 is 22.8 Å². The van der Waals surface area contributed by atoms with Crippen molar-refractivity contribution in [2.24, 2.45) is 5.92 Å². The molecule has 0 saturated carbocycles. The Bertz CT molecular complexity index is 1130. The average Bonchev–Trinajstić information content (AvgIpc) is 3.43. The molecule has 2 aromatic carbocycles. The number of aromatic nitrogens is 2. The second kappa shape index (κ2) is 11.2. The summed E-state index contributed by atoms with van der Waals surface area (Å²) in [6.07, 6.45) is 3.51. The number of para-hydroxylation sites is 1. The lowest BCUT2D eigenvalue weighted by atomic mass is 9.97. The molecule has 34 heavy (non-hydrogen) atoms. The van der Waals surface area contributed by atoms with Crippen LogP contribution in [0.2, 0.25) is 0 Å². The van der Waals surface area contributed by atoms with Crippen molar-refractivity contribution in [2.45, 2.75) is 32.6 Å². The van der Waals surface area contributed by atoms with Crippen LogP contribution in [0, 0.1) is 12.8 Å². The van der Waals surface area contributed by atoms with E-state index >= 15 is 0 Å². The van der Waals surface area contributed by atoms with E-state index in [0.717, 1.165) is 61.4 Å². The van der Waals surface area contributed by atoms with Crippen LogP contribution in [-0.2, 0) is 4.74 Å². The molecule has 0 aliphatic carbocycles. The van der Waals surface area contributed by atoms with E-state index < -0.39 is 6.09 Å². The number of nitrogens with one attached hydrogen (secondary N) is 1. The third-order valence-electron chi connectivity index (χ3n) is 6.17. The number of ether oxygens (including phenoxy) is 1. The van der Waals surface area contributed by atoms with Gasteiger partial charge in [0.2, 0.25) is 0 Å². The van der Waals surface area contributed by atoms with Crippen LogP contribution in [0.5, 0.6) is 5.75 Å². The van der Waals surface area contributed by atoms with E-state index in [9.17, 15) is 9.90 Å². The summed E-state index contributed by atoms with van der Waals surface area (Å²) in [5.41, 5.74) is 2.53. The van der Waals surface area contributed by atoms with Crippen LogP contribution in [0.1, 0.15) is 31.2 Å². The van der Waals surface area contributed by atoms with Crippen LogP contribution < -0.4 is 10.2 Å². The van der Waals surface area contributed by atoms with Gasteiger partial charge in [0.1, 0.15) is 11.6 Å². The van der Waals surface area contributed by atoms with Crippen LogP contribution in [0.25, 0.3) is 22.3 Å². The SMILES string of the molecule is C1CCOC1.Cc1ccc2c(N3CCCC(CNC(=O)O)C3)nc(-c3ccccc3O)nc2c1. The summed E-state index contributed by atoms with van der Waals surface area (Å²) >= 11 is 0. The molecule has 8 nitrogen and oxygen atoms in total. The number of hydrogen-bond donors (Lipinski definition) is 3. The molecule has 3 N–H and O–H groups in total. The van der Waals surface area contributed by atoms with Gasteiger partial charge in [-0.3, -0.25) is 0 Å². The minimum Gasteiger partial charge on any atom is -0.507 e. The standard InChI is InChI=1S/C22H24N4O3.C4H8O/c1-14-8-9-16-18(11-14)24-20(17-6-2-3-7-19(17)27)25-21(16)26-10-4-5-15(13-26)12-23-22(28)29;1-2-4-5-3-1/h2-3,6-9,11,15,23,27H,4-5,10,12-13H2,1H3,(H,28,29);1-4H2. The number of nitrogens with zero attached hydrogens (tertiary/aromatic N) is 3. The summed E-state index contributed by atoms with van der Waals surface area (Å²) in [5, 5.41) is 22.7. The van der Waals surface area contributed by atoms with Gasteiger partial charge in [0.05, 0.1) is 11.1 Å². The highest BCUT2D eigenvalue weighted by Crippen LogP contribution is 2.33. The van der Waals surface area contributed by atoms with Gasteiger partial charge < -0.3 is 25.2 Å². The maximum atomic E-state index is 10.9. The molecule has 3 heterocycles. The van der Waals surface area contributed by atoms with E-state index in [1.54, 1.807) is 12.1 Å². The van der Waals surface area contributed by atoms with E-state index in [0.29, 0.717) is 17.9 Å². The molecule has 5 rings (SSSR count). The fourth-order valence-electron chi connectivity index (χ4n) is 4.41. The number of phenols is 1. The van der Waals surface area contributed by atoms with Gasteiger partial charge in [0.15, 0.2) is 5.82 Å². The molecule has 1 amide bonds.